The van der Waals surface area contributed by atoms with E-state index in [1.54, 1.807) is 0 Å². The van der Waals surface area contributed by atoms with E-state index >= 15 is 0 Å². The predicted octanol–water partition coefficient (Wildman–Crippen LogP) is 3.61. The molecule has 1 atom stereocenters. The van der Waals surface area contributed by atoms with Gasteiger partial charge in [0.25, 0.3) is 0 Å². The minimum Gasteiger partial charge on any atom is -0.489 e. The number of hydrogen-bond donors (Lipinski definition) is 2. The fraction of sp³-hybridized carbons (Fsp3) is 0.267. The zero-order chi connectivity index (χ0) is 17.9. The van der Waals surface area contributed by atoms with Crippen molar-refractivity contribution in [3.63, 3.8) is 0 Å². The van der Waals surface area contributed by atoms with E-state index in [-0.39, 0.29) is 33.6 Å². The number of hydrogen-bond acceptors (Lipinski definition) is 6. The van der Waals surface area contributed by atoms with E-state index in [4.69, 9.17) is 15.2 Å². The average molecular weight is 360 g/mol. The molecule has 0 fully saturated rings. The quantitative estimate of drug-likeness (QED) is 0.608. The molecular weight excluding hydrogens is 345 g/mol. The highest BCUT2D eigenvalue weighted by Crippen LogP contribution is 2.43. The third-order valence-electron chi connectivity index (χ3n) is 3.04. The minimum absolute atomic E-state index is 0.0303. The molecule has 130 valence electrons. The van der Waals surface area contributed by atoms with Gasteiger partial charge in [-0.2, -0.15) is 13.2 Å². The molecule has 0 aliphatic carbocycles. The summed E-state index contributed by atoms with van der Waals surface area (Å²) >= 11 is 0.932. The first-order chi connectivity index (χ1) is 11.3. The van der Waals surface area contributed by atoms with Crippen LogP contribution in [0.1, 0.15) is 17.5 Å². The van der Waals surface area contributed by atoms with Crippen molar-refractivity contribution in [3.8, 4) is 16.2 Å². The Labute approximate surface area is 140 Å². The van der Waals surface area contributed by atoms with E-state index in [1.165, 1.54) is 19.3 Å². The van der Waals surface area contributed by atoms with Crippen LogP contribution in [0.5, 0.6) is 5.75 Å². The lowest BCUT2D eigenvalue weighted by Gasteiger charge is -2.15. The summed E-state index contributed by atoms with van der Waals surface area (Å²) in [7, 11) is 1.24. The highest BCUT2D eigenvalue weighted by Gasteiger charge is 2.32. The molecule has 1 aromatic carbocycles. The van der Waals surface area contributed by atoms with Gasteiger partial charge in [-0.25, -0.2) is 4.98 Å². The minimum atomic E-state index is -4.53. The monoisotopic (exact) mass is 360 g/mol. The van der Waals surface area contributed by atoms with Crippen LogP contribution in [0, 0.1) is 0 Å². The van der Waals surface area contributed by atoms with Gasteiger partial charge in [0.05, 0.1) is 10.4 Å². The maximum Gasteiger partial charge on any atom is 0.416 e. The third-order valence-corrected chi connectivity index (χ3v) is 3.97. The van der Waals surface area contributed by atoms with Gasteiger partial charge in [-0.15, -0.1) is 0 Å². The first-order valence-electron chi connectivity index (χ1n) is 6.70. The van der Waals surface area contributed by atoms with Crippen molar-refractivity contribution in [2.45, 2.75) is 12.5 Å². The number of benzene rings is 1. The Kier molecular flexibility index (Phi) is 5.47. The summed E-state index contributed by atoms with van der Waals surface area (Å²) in [6.07, 6.45) is -4.48. The molecule has 1 unspecified atom stereocenters. The summed E-state index contributed by atoms with van der Waals surface area (Å²) in [6, 6.07) is 3.05. The zero-order valence-corrected chi connectivity index (χ0v) is 13.4. The molecule has 0 aliphatic heterocycles. The van der Waals surface area contributed by atoms with E-state index < -0.39 is 18.0 Å². The summed E-state index contributed by atoms with van der Waals surface area (Å²) in [4.78, 5) is 4.18. The predicted molar refractivity (Wildman–Crippen MR) is 84.6 cm³/mol. The number of aromatic nitrogens is 1. The van der Waals surface area contributed by atoms with Crippen molar-refractivity contribution in [3.05, 3.63) is 42.1 Å². The van der Waals surface area contributed by atoms with Crippen molar-refractivity contribution >= 4 is 16.5 Å². The molecule has 24 heavy (non-hydrogen) atoms. The Morgan fingerprint density at radius 1 is 1.46 bits per heavy atom. The number of rotatable bonds is 6. The van der Waals surface area contributed by atoms with Crippen LogP contribution < -0.4 is 10.5 Å². The van der Waals surface area contributed by atoms with Crippen molar-refractivity contribution in [1.29, 1.82) is 0 Å². The second-order valence-corrected chi connectivity index (χ2v) is 5.69. The van der Waals surface area contributed by atoms with Crippen LogP contribution >= 0.6 is 11.3 Å². The Balaban J connectivity index is 2.63. The second-order valence-electron chi connectivity index (χ2n) is 4.66. The molecule has 0 bridgehead atoms. The van der Waals surface area contributed by atoms with Gasteiger partial charge in [0.2, 0.25) is 0 Å². The molecule has 3 N–H and O–H groups in total. The molecule has 0 amide bonds. The molecule has 0 radical (unpaired) electrons. The number of thiazole rings is 1. The number of methoxy groups -OCH3 is 1. The standard InChI is InChI=1S/C15H15F3N2O3S/c1-3-6-23-10-5-4-8(15(16,17)18)7-9(10)12-11(13(21)22-2)20-14(19)24-12/h3-5,7,13,21H,1,6H2,2H3,(H2,19,20). The number of nitrogen functional groups attached to an aromatic ring is 1. The van der Waals surface area contributed by atoms with E-state index in [0.29, 0.717) is 0 Å². The lowest BCUT2D eigenvalue weighted by molar-refractivity contribution is -0.137. The summed E-state index contributed by atoms with van der Waals surface area (Å²) < 4.78 is 49.3. The van der Waals surface area contributed by atoms with E-state index in [0.717, 1.165) is 23.5 Å². The Morgan fingerprint density at radius 2 is 2.17 bits per heavy atom. The maximum absolute atomic E-state index is 13.0. The molecule has 0 spiro atoms. The molecule has 1 aromatic heterocycles. The third kappa shape index (κ3) is 3.86. The highest BCUT2D eigenvalue weighted by molar-refractivity contribution is 7.19. The van der Waals surface area contributed by atoms with Gasteiger partial charge < -0.3 is 20.3 Å². The number of anilines is 1. The van der Waals surface area contributed by atoms with Gasteiger partial charge in [0.15, 0.2) is 11.4 Å². The number of halogens is 3. The summed E-state index contributed by atoms with van der Waals surface area (Å²) in [5, 5.41) is 9.95. The molecule has 1 heterocycles. The van der Waals surface area contributed by atoms with Crippen LogP contribution in [0.15, 0.2) is 30.9 Å². The maximum atomic E-state index is 13.0. The largest absolute Gasteiger partial charge is 0.489 e. The van der Waals surface area contributed by atoms with Crippen molar-refractivity contribution < 1.29 is 27.8 Å². The second kappa shape index (κ2) is 7.20. The number of aliphatic hydroxyl groups excluding tert-OH is 1. The van der Waals surface area contributed by atoms with E-state index in [1.807, 2.05) is 0 Å². The molecule has 2 rings (SSSR count). The summed E-state index contributed by atoms with van der Waals surface area (Å²) in [5.74, 6) is 0.191. The van der Waals surface area contributed by atoms with Crippen molar-refractivity contribution in [2.24, 2.45) is 0 Å². The molecular formula is C15H15F3N2O3S. The van der Waals surface area contributed by atoms with Gasteiger partial charge in [-0.3, -0.25) is 0 Å². The SMILES string of the molecule is C=CCOc1ccc(C(F)(F)F)cc1-c1sc(N)nc1C(O)OC. The molecule has 2 aromatic rings. The van der Waals surface area contributed by atoms with Gasteiger partial charge in [0.1, 0.15) is 18.1 Å². The summed E-state index contributed by atoms with van der Waals surface area (Å²) in [5.41, 5.74) is 4.94. The number of alkyl halides is 3. The van der Waals surface area contributed by atoms with Crippen LogP contribution in [0.25, 0.3) is 10.4 Å². The lowest BCUT2D eigenvalue weighted by Crippen LogP contribution is -2.07. The van der Waals surface area contributed by atoms with Crippen LogP contribution in [0.3, 0.4) is 0 Å². The average Bonchev–Trinajstić information content (AvgIpc) is 2.92. The summed E-state index contributed by atoms with van der Waals surface area (Å²) in [6.45, 7) is 3.61. The van der Waals surface area contributed by atoms with Crippen molar-refractivity contribution in [1.82, 2.24) is 4.98 Å². The Bertz CT molecular complexity index is 731. The van der Waals surface area contributed by atoms with Crippen molar-refractivity contribution in [2.75, 3.05) is 19.5 Å². The molecule has 0 saturated carbocycles. The molecule has 5 nitrogen and oxygen atoms in total. The fourth-order valence-electron chi connectivity index (χ4n) is 1.98. The van der Waals surface area contributed by atoms with Gasteiger partial charge in [-0.1, -0.05) is 24.0 Å². The fourth-order valence-corrected chi connectivity index (χ4v) is 2.85. The number of nitrogens with two attached hydrogens (primary N) is 1. The topological polar surface area (TPSA) is 77.6 Å². The lowest BCUT2D eigenvalue weighted by atomic mass is 10.1. The van der Waals surface area contributed by atoms with Gasteiger partial charge in [0, 0.05) is 12.7 Å². The number of ether oxygens (including phenoxy) is 2. The van der Waals surface area contributed by atoms with Crippen LogP contribution in [-0.4, -0.2) is 23.8 Å². The van der Waals surface area contributed by atoms with E-state index in [9.17, 15) is 18.3 Å². The Hall–Kier alpha value is -2.10. The van der Waals surface area contributed by atoms with Gasteiger partial charge in [-0.05, 0) is 18.2 Å². The smallest absolute Gasteiger partial charge is 0.416 e. The highest BCUT2D eigenvalue weighted by atomic mass is 32.1. The zero-order valence-electron chi connectivity index (χ0n) is 12.6. The Morgan fingerprint density at radius 3 is 2.75 bits per heavy atom. The molecule has 9 heteroatoms. The van der Waals surface area contributed by atoms with E-state index in [2.05, 4.69) is 11.6 Å². The van der Waals surface area contributed by atoms with Gasteiger partial charge >= 0.3 is 6.18 Å². The normalized spacial score (nSPS) is 12.9. The molecule has 0 aliphatic rings. The van der Waals surface area contributed by atoms with Crippen LogP contribution in [0.2, 0.25) is 0 Å². The van der Waals surface area contributed by atoms with Crippen LogP contribution in [-0.2, 0) is 10.9 Å². The first-order valence-corrected chi connectivity index (χ1v) is 7.52. The molecule has 0 saturated heterocycles. The number of aliphatic hydroxyl groups is 1. The number of nitrogens with zero attached hydrogens (tertiary/aromatic N) is 1. The first kappa shape index (κ1) is 18.2. The van der Waals surface area contributed by atoms with Crippen LogP contribution in [0.4, 0.5) is 18.3 Å².